The van der Waals surface area contributed by atoms with Crippen LogP contribution in [0.2, 0.25) is 0 Å². The van der Waals surface area contributed by atoms with Crippen molar-refractivity contribution in [3.63, 3.8) is 0 Å². The van der Waals surface area contributed by atoms with E-state index >= 15 is 0 Å². The molecule has 0 saturated carbocycles. The summed E-state index contributed by atoms with van der Waals surface area (Å²) in [5.74, 6) is -0.297. The van der Waals surface area contributed by atoms with Gasteiger partial charge in [0, 0.05) is 0 Å². The fourth-order valence-corrected chi connectivity index (χ4v) is 1.47. The molecule has 0 unspecified atom stereocenters. The molecule has 2 rings (SSSR count). The predicted octanol–water partition coefficient (Wildman–Crippen LogP) is 1.89. The smallest absolute Gasteiger partial charge is 0.250 e. The molecule has 17 heavy (non-hydrogen) atoms. The quantitative estimate of drug-likeness (QED) is 0.721. The molecule has 0 saturated heterocycles. The van der Waals surface area contributed by atoms with Crippen molar-refractivity contribution in [2.24, 2.45) is 4.99 Å². The Labute approximate surface area is 99.2 Å². The summed E-state index contributed by atoms with van der Waals surface area (Å²) >= 11 is 0. The Balaban J connectivity index is 2.03. The van der Waals surface area contributed by atoms with Crippen molar-refractivity contribution in [2.45, 2.75) is 6.42 Å². The summed E-state index contributed by atoms with van der Waals surface area (Å²) < 4.78 is 0. The Hall–Kier alpha value is -2.29. The molecule has 1 aromatic carbocycles. The van der Waals surface area contributed by atoms with E-state index in [4.69, 9.17) is 0 Å². The lowest BCUT2D eigenvalue weighted by Crippen LogP contribution is -2.05. The van der Waals surface area contributed by atoms with E-state index in [9.17, 15) is 9.59 Å². The fourth-order valence-electron chi connectivity index (χ4n) is 1.47. The predicted molar refractivity (Wildman–Crippen MR) is 65.9 cm³/mol. The molecule has 1 aliphatic rings. The van der Waals surface area contributed by atoms with Crippen molar-refractivity contribution >= 4 is 17.4 Å². The number of rotatable bonds is 2. The van der Waals surface area contributed by atoms with Crippen LogP contribution >= 0.6 is 0 Å². The summed E-state index contributed by atoms with van der Waals surface area (Å²) in [6.07, 6.45) is 6.17. The Morgan fingerprint density at radius 2 is 1.65 bits per heavy atom. The number of carbonyl (C=O) groups excluding carboxylic acids is 2. The van der Waals surface area contributed by atoms with E-state index in [1.165, 1.54) is 12.2 Å². The third kappa shape index (κ3) is 3.34. The van der Waals surface area contributed by atoms with E-state index in [-0.39, 0.29) is 18.1 Å². The van der Waals surface area contributed by atoms with Crippen LogP contribution in [0.3, 0.4) is 0 Å². The molecular formula is C14H11NO2. The number of amides is 1. The van der Waals surface area contributed by atoms with E-state index in [0.717, 1.165) is 5.56 Å². The van der Waals surface area contributed by atoms with Crippen molar-refractivity contribution in [3.05, 3.63) is 60.2 Å². The highest BCUT2D eigenvalue weighted by Gasteiger charge is 2.04. The summed E-state index contributed by atoms with van der Waals surface area (Å²) in [7, 11) is 0. The Bertz CT molecular complexity index is 506. The average Bonchev–Trinajstić information content (AvgIpc) is 2.33. The van der Waals surface area contributed by atoms with Gasteiger partial charge in [-0.25, -0.2) is 4.99 Å². The zero-order valence-electron chi connectivity index (χ0n) is 9.17. The topological polar surface area (TPSA) is 46.5 Å². The number of nitrogens with zero attached hydrogens (tertiary/aromatic N) is 1. The summed E-state index contributed by atoms with van der Waals surface area (Å²) in [6, 6.07) is 9.43. The molecule has 0 radical (unpaired) electrons. The molecule has 1 aliphatic carbocycles. The fraction of sp³-hybridized carbons (Fsp3) is 0.0714. The normalized spacial score (nSPS) is 13.9. The Morgan fingerprint density at radius 3 is 2.29 bits per heavy atom. The van der Waals surface area contributed by atoms with Crippen LogP contribution in [-0.4, -0.2) is 17.4 Å². The van der Waals surface area contributed by atoms with Crippen molar-refractivity contribution in [1.29, 1.82) is 0 Å². The molecule has 0 N–H and O–H groups in total. The molecule has 0 bridgehead atoms. The number of ketones is 1. The SMILES string of the molecule is O=C1C=CC(=NC(=O)Cc2ccccc2)C=C1. The van der Waals surface area contributed by atoms with Gasteiger partial charge in [0.2, 0.25) is 0 Å². The van der Waals surface area contributed by atoms with Gasteiger partial charge < -0.3 is 0 Å². The first kappa shape index (κ1) is 11.2. The second-order valence-corrected chi connectivity index (χ2v) is 3.66. The largest absolute Gasteiger partial charge is 0.290 e. The first-order chi connectivity index (χ1) is 8.24. The maximum Gasteiger partial charge on any atom is 0.250 e. The summed E-state index contributed by atoms with van der Waals surface area (Å²) in [6.45, 7) is 0. The minimum absolute atomic E-state index is 0.0838. The lowest BCUT2D eigenvalue weighted by molar-refractivity contribution is -0.117. The molecule has 0 atom stereocenters. The standard InChI is InChI=1S/C14H11NO2/c16-13-8-6-12(7-9-13)15-14(17)10-11-4-2-1-3-5-11/h1-9H,10H2. The van der Waals surface area contributed by atoms with Crippen LogP contribution in [0.1, 0.15) is 5.56 Å². The number of carbonyl (C=O) groups is 2. The first-order valence-corrected chi connectivity index (χ1v) is 5.29. The van der Waals surface area contributed by atoms with Gasteiger partial charge in [-0.3, -0.25) is 9.59 Å². The molecule has 0 aromatic heterocycles. The van der Waals surface area contributed by atoms with Gasteiger partial charge in [-0.2, -0.15) is 0 Å². The molecule has 0 spiro atoms. The molecule has 3 nitrogen and oxygen atoms in total. The minimum Gasteiger partial charge on any atom is -0.290 e. The van der Waals surface area contributed by atoms with Crippen LogP contribution in [0.4, 0.5) is 0 Å². The lowest BCUT2D eigenvalue weighted by atomic mass is 10.1. The van der Waals surface area contributed by atoms with E-state index in [1.807, 2.05) is 30.3 Å². The zero-order chi connectivity index (χ0) is 12.1. The second kappa shape index (κ2) is 5.16. The summed E-state index contributed by atoms with van der Waals surface area (Å²) in [4.78, 5) is 26.4. The van der Waals surface area contributed by atoms with Gasteiger partial charge in [-0.05, 0) is 29.9 Å². The van der Waals surface area contributed by atoms with Crippen LogP contribution in [0, 0.1) is 0 Å². The third-order valence-corrected chi connectivity index (χ3v) is 2.29. The molecule has 0 aliphatic heterocycles. The maximum absolute atomic E-state index is 11.6. The Morgan fingerprint density at radius 1 is 1.00 bits per heavy atom. The van der Waals surface area contributed by atoms with Crippen LogP contribution in [-0.2, 0) is 16.0 Å². The van der Waals surface area contributed by atoms with E-state index in [1.54, 1.807) is 12.2 Å². The third-order valence-electron chi connectivity index (χ3n) is 2.29. The number of aliphatic imine (C=N–C) groups is 1. The number of allylic oxidation sites excluding steroid dienone is 4. The van der Waals surface area contributed by atoms with Crippen molar-refractivity contribution in [2.75, 3.05) is 0 Å². The highest BCUT2D eigenvalue weighted by Crippen LogP contribution is 2.02. The summed E-state index contributed by atoms with van der Waals surface area (Å²) in [5.41, 5.74) is 1.45. The first-order valence-electron chi connectivity index (χ1n) is 5.29. The van der Waals surface area contributed by atoms with Gasteiger partial charge in [0.05, 0.1) is 12.1 Å². The van der Waals surface area contributed by atoms with Crippen LogP contribution < -0.4 is 0 Å². The van der Waals surface area contributed by atoms with Gasteiger partial charge in [-0.15, -0.1) is 0 Å². The van der Waals surface area contributed by atoms with E-state index in [0.29, 0.717) is 5.71 Å². The molecule has 1 amide bonds. The lowest BCUT2D eigenvalue weighted by Gasteiger charge is -1.99. The van der Waals surface area contributed by atoms with Gasteiger partial charge in [-0.1, -0.05) is 30.3 Å². The highest BCUT2D eigenvalue weighted by molar-refractivity contribution is 6.18. The highest BCUT2D eigenvalue weighted by atomic mass is 16.1. The Kier molecular flexibility index (Phi) is 3.40. The van der Waals surface area contributed by atoms with Gasteiger partial charge >= 0.3 is 0 Å². The molecule has 0 heterocycles. The maximum atomic E-state index is 11.6. The molecule has 84 valence electrons. The summed E-state index contributed by atoms with van der Waals surface area (Å²) in [5, 5.41) is 0. The van der Waals surface area contributed by atoms with Crippen molar-refractivity contribution < 1.29 is 9.59 Å². The van der Waals surface area contributed by atoms with Crippen LogP contribution in [0.25, 0.3) is 0 Å². The van der Waals surface area contributed by atoms with Crippen LogP contribution in [0.15, 0.2) is 59.6 Å². The van der Waals surface area contributed by atoms with Gasteiger partial charge in [0.15, 0.2) is 5.78 Å². The van der Waals surface area contributed by atoms with E-state index in [2.05, 4.69) is 4.99 Å². The molecule has 3 heteroatoms. The second-order valence-electron chi connectivity index (χ2n) is 3.66. The van der Waals surface area contributed by atoms with Gasteiger partial charge in [0.25, 0.3) is 5.91 Å². The molecule has 1 aromatic rings. The zero-order valence-corrected chi connectivity index (χ0v) is 9.17. The molecular weight excluding hydrogens is 214 g/mol. The number of hydrogen-bond donors (Lipinski definition) is 0. The van der Waals surface area contributed by atoms with Crippen molar-refractivity contribution in [3.8, 4) is 0 Å². The van der Waals surface area contributed by atoms with Gasteiger partial charge in [0.1, 0.15) is 0 Å². The van der Waals surface area contributed by atoms with Crippen LogP contribution in [0.5, 0.6) is 0 Å². The number of benzene rings is 1. The van der Waals surface area contributed by atoms with E-state index < -0.39 is 0 Å². The molecule has 0 fully saturated rings. The van der Waals surface area contributed by atoms with Crippen molar-refractivity contribution in [1.82, 2.24) is 0 Å². The average molecular weight is 225 g/mol. The number of hydrogen-bond acceptors (Lipinski definition) is 2. The monoisotopic (exact) mass is 225 g/mol. The minimum atomic E-state index is -0.213.